The molecule has 2 aromatic carbocycles. The van der Waals surface area contributed by atoms with Crippen LogP contribution in [0.15, 0.2) is 64.4 Å². The zero-order valence-electron chi connectivity index (χ0n) is 19.2. The van der Waals surface area contributed by atoms with Crippen LogP contribution in [0.2, 0.25) is 0 Å². The summed E-state index contributed by atoms with van der Waals surface area (Å²) in [4.78, 5) is 23.3. The molecular formula is C23H19N3O7S3. The predicted molar refractivity (Wildman–Crippen MR) is 139 cm³/mol. The highest BCUT2D eigenvalue weighted by Crippen LogP contribution is 2.36. The molecule has 186 valence electrons. The van der Waals surface area contributed by atoms with Gasteiger partial charge in [-0.1, -0.05) is 30.0 Å². The number of para-hydroxylation sites is 1. The molecule has 1 aliphatic heterocycles. The van der Waals surface area contributed by atoms with Gasteiger partial charge in [-0.3, -0.25) is 19.6 Å². The zero-order chi connectivity index (χ0) is 26.2. The molecule has 0 saturated carbocycles. The van der Waals surface area contributed by atoms with Crippen LogP contribution in [0.4, 0.5) is 5.69 Å². The van der Waals surface area contributed by atoms with Gasteiger partial charge in [-0.2, -0.15) is 13.4 Å². The number of hydrogen-bond acceptors (Lipinski definition) is 9. The van der Waals surface area contributed by atoms with Crippen molar-refractivity contribution in [2.24, 2.45) is 0 Å². The lowest BCUT2D eigenvalue weighted by atomic mass is 10.2. The minimum absolute atomic E-state index is 0.0542. The largest absolute Gasteiger partial charge is 0.493 e. The number of nitro groups is 1. The Hall–Kier alpha value is -3.68. The summed E-state index contributed by atoms with van der Waals surface area (Å²) in [5.41, 5.74) is 1.63. The zero-order valence-corrected chi connectivity index (χ0v) is 21.6. The monoisotopic (exact) mass is 545 g/mol. The molecule has 1 amide bonds. The van der Waals surface area contributed by atoms with Gasteiger partial charge in [0.15, 0.2) is 20.7 Å². The molecule has 0 bridgehead atoms. The van der Waals surface area contributed by atoms with E-state index >= 15 is 0 Å². The van der Waals surface area contributed by atoms with Gasteiger partial charge < -0.3 is 8.92 Å². The summed E-state index contributed by atoms with van der Waals surface area (Å²) in [5.74, 6) is -0.414. The first-order valence-electron chi connectivity index (χ1n) is 10.3. The van der Waals surface area contributed by atoms with E-state index in [1.165, 1.54) is 42.5 Å². The Labute approximate surface area is 216 Å². The molecule has 3 aromatic rings. The van der Waals surface area contributed by atoms with Crippen LogP contribution in [-0.2, 0) is 14.9 Å². The van der Waals surface area contributed by atoms with E-state index in [1.807, 2.05) is 26.0 Å². The van der Waals surface area contributed by atoms with Crippen LogP contribution in [0.3, 0.4) is 0 Å². The van der Waals surface area contributed by atoms with E-state index in [9.17, 15) is 23.3 Å². The average molecular weight is 546 g/mol. The summed E-state index contributed by atoms with van der Waals surface area (Å²) in [6.45, 7) is 3.74. The lowest BCUT2D eigenvalue weighted by Gasteiger charge is -2.20. The van der Waals surface area contributed by atoms with E-state index in [4.69, 9.17) is 21.1 Å². The SMILES string of the molecule is COc1cc(/C=C2\SC(=S)N(n3c(C)ccc3C)C2=O)ccc1OS(=O)(=O)c1ccccc1[N+](=O)[O-]. The fourth-order valence-corrected chi connectivity index (χ4v) is 5.93. The highest BCUT2D eigenvalue weighted by atomic mass is 32.2. The minimum atomic E-state index is -4.54. The van der Waals surface area contributed by atoms with Crippen LogP contribution >= 0.6 is 24.0 Å². The van der Waals surface area contributed by atoms with Crippen molar-refractivity contribution in [1.29, 1.82) is 0 Å². The number of amides is 1. The highest BCUT2D eigenvalue weighted by Gasteiger charge is 2.35. The van der Waals surface area contributed by atoms with E-state index < -0.39 is 25.6 Å². The van der Waals surface area contributed by atoms with E-state index in [0.717, 1.165) is 35.3 Å². The fourth-order valence-electron chi connectivity index (χ4n) is 3.58. The Balaban J connectivity index is 1.64. The highest BCUT2D eigenvalue weighted by molar-refractivity contribution is 8.27. The maximum Gasteiger partial charge on any atom is 0.346 e. The van der Waals surface area contributed by atoms with Crippen molar-refractivity contribution in [1.82, 2.24) is 4.68 Å². The topological polar surface area (TPSA) is 121 Å². The van der Waals surface area contributed by atoms with Gasteiger partial charge in [0.2, 0.25) is 0 Å². The van der Waals surface area contributed by atoms with Gasteiger partial charge in [0, 0.05) is 17.5 Å². The minimum Gasteiger partial charge on any atom is -0.493 e. The normalized spacial score (nSPS) is 15.0. The summed E-state index contributed by atoms with van der Waals surface area (Å²) < 4.78 is 38.1. The van der Waals surface area contributed by atoms with Crippen LogP contribution < -0.4 is 13.9 Å². The Morgan fingerprint density at radius 1 is 1.06 bits per heavy atom. The van der Waals surface area contributed by atoms with Gasteiger partial charge in [-0.15, -0.1) is 0 Å². The summed E-state index contributed by atoms with van der Waals surface area (Å²) in [6.07, 6.45) is 1.61. The van der Waals surface area contributed by atoms with Crippen molar-refractivity contribution in [2.75, 3.05) is 12.1 Å². The Morgan fingerprint density at radius 2 is 1.72 bits per heavy atom. The number of aromatic nitrogens is 1. The molecule has 0 N–H and O–H groups in total. The van der Waals surface area contributed by atoms with E-state index in [2.05, 4.69) is 0 Å². The van der Waals surface area contributed by atoms with E-state index in [-0.39, 0.29) is 17.4 Å². The molecule has 0 spiro atoms. The second kappa shape index (κ2) is 9.76. The Kier molecular flexibility index (Phi) is 6.89. The summed E-state index contributed by atoms with van der Waals surface area (Å²) in [7, 11) is -3.22. The maximum absolute atomic E-state index is 13.1. The first-order chi connectivity index (χ1) is 17.0. The molecule has 1 fully saturated rings. The molecule has 1 saturated heterocycles. The van der Waals surface area contributed by atoms with Crippen molar-refractivity contribution in [3.63, 3.8) is 0 Å². The Morgan fingerprint density at radius 3 is 2.36 bits per heavy atom. The molecule has 1 aliphatic rings. The third-order valence-corrected chi connectivity index (χ3v) is 7.79. The van der Waals surface area contributed by atoms with E-state index in [1.54, 1.807) is 10.8 Å². The molecule has 0 unspecified atom stereocenters. The number of carbonyl (C=O) groups is 1. The second-order valence-electron chi connectivity index (χ2n) is 7.59. The fraction of sp³-hybridized carbons (Fsp3) is 0.130. The van der Waals surface area contributed by atoms with Crippen LogP contribution in [0.5, 0.6) is 11.5 Å². The number of benzene rings is 2. The van der Waals surface area contributed by atoms with Crippen LogP contribution in [0.1, 0.15) is 17.0 Å². The molecule has 0 atom stereocenters. The molecule has 10 nitrogen and oxygen atoms in total. The number of methoxy groups -OCH3 is 1. The lowest BCUT2D eigenvalue weighted by molar-refractivity contribution is -0.387. The van der Waals surface area contributed by atoms with Crippen LogP contribution in [0, 0.1) is 24.0 Å². The predicted octanol–water partition coefficient (Wildman–Crippen LogP) is 4.33. The number of aryl methyl sites for hydroxylation is 2. The quantitative estimate of drug-likeness (QED) is 0.140. The van der Waals surface area contributed by atoms with Crippen molar-refractivity contribution < 1.29 is 27.1 Å². The third kappa shape index (κ3) is 4.72. The number of nitrogens with zero attached hydrogens (tertiary/aromatic N) is 3. The number of thiocarbonyl (C=S) groups is 1. The smallest absolute Gasteiger partial charge is 0.346 e. The number of hydrogen-bond donors (Lipinski definition) is 0. The van der Waals surface area contributed by atoms with Gasteiger partial charge in [0.25, 0.3) is 11.6 Å². The second-order valence-corrected chi connectivity index (χ2v) is 10.8. The molecule has 4 rings (SSSR count). The van der Waals surface area contributed by atoms with Gasteiger partial charge in [0.1, 0.15) is 0 Å². The number of nitro benzene ring substituents is 1. The van der Waals surface area contributed by atoms with Crippen molar-refractivity contribution >= 4 is 56.1 Å². The lowest BCUT2D eigenvalue weighted by Crippen LogP contribution is -2.39. The van der Waals surface area contributed by atoms with Crippen LogP contribution in [-0.4, -0.2) is 35.4 Å². The molecule has 1 aromatic heterocycles. The molecule has 13 heteroatoms. The first-order valence-corrected chi connectivity index (χ1v) is 13.0. The Bertz CT molecular complexity index is 1520. The van der Waals surface area contributed by atoms with Crippen LogP contribution in [0.25, 0.3) is 6.08 Å². The molecular weight excluding hydrogens is 526 g/mol. The summed E-state index contributed by atoms with van der Waals surface area (Å²) >= 11 is 6.57. The number of ether oxygens (including phenoxy) is 1. The standard InChI is InChI=1S/C23H19N3O7S3/c1-14-8-9-15(2)24(14)25-22(27)20(35-23(25)34)13-16-10-11-18(19(12-16)32-3)33-36(30,31)21-7-5-4-6-17(21)26(28)29/h4-13H,1-3H3/b20-13-. The molecule has 36 heavy (non-hydrogen) atoms. The average Bonchev–Trinajstić information content (AvgIpc) is 3.30. The van der Waals surface area contributed by atoms with Gasteiger partial charge in [-0.05, 0) is 68.0 Å². The summed E-state index contributed by atoms with van der Waals surface area (Å²) in [5, 5.41) is 12.7. The molecule has 0 aliphatic carbocycles. The van der Waals surface area contributed by atoms with Crippen molar-refractivity contribution in [3.8, 4) is 11.5 Å². The van der Waals surface area contributed by atoms with Gasteiger partial charge in [-0.25, -0.2) is 0 Å². The molecule has 0 radical (unpaired) electrons. The van der Waals surface area contributed by atoms with Crippen molar-refractivity contribution in [3.05, 3.63) is 86.6 Å². The number of carbonyl (C=O) groups excluding carboxylic acids is 1. The molecule has 2 heterocycles. The van der Waals surface area contributed by atoms with Gasteiger partial charge >= 0.3 is 10.1 Å². The first kappa shape index (κ1) is 25.4. The number of thioether (sulfide) groups is 1. The number of rotatable bonds is 7. The van der Waals surface area contributed by atoms with E-state index in [0.29, 0.717) is 14.8 Å². The summed E-state index contributed by atoms with van der Waals surface area (Å²) in [6, 6.07) is 13.0. The van der Waals surface area contributed by atoms with Gasteiger partial charge in [0.05, 0.1) is 16.9 Å². The third-order valence-electron chi connectivity index (χ3n) is 5.22. The maximum atomic E-state index is 13.1. The van der Waals surface area contributed by atoms with Crippen molar-refractivity contribution in [2.45, 2.75) is 18.7 Å².